The van der Waals surface area contributed by atoms with E-state index in [1.165, 1.54) is 36.1 Å². The smallest absolute Gasteiger partial charge is 0.416 e. The van der Waals surface area contributed by atoms with E-state index in [4.69, 9.17) is 14.2 Å². The van der Waals surface area contributed by atoms with E-state index < -0.39 is 71.3 Å². The first kappa shape index (κ1) is 35.6. The Bertz CT molecular complexity index is 1510. The molecule has 3 aromatic carbocycles. The first-order valence-electron chi connectivity index (χ1n) is 15.5. The van der Waals surface area contributed by atoms with Gasteiger partial charge in [0.1, 0.15) is 12.4 Å². The number of carbonyl (C=O) groups excluding carboxylic acids is 1. The fraction of sp³-hybridized carbons (Fsp3) is 0.457. The van der Waals surface area contributed by atoms with Gasteiger partial charge in [-0.25, -0.2) is 9.18 Å². The average Bonchev–Trinajstić information content (AvgIpc) is 3.03. The predicted octanol–water partition coefficient (Wildman–Crippen LogP) is 8.64. The minimum Gasteiger partial charge on any atom is -0.445 e. The minimum atomic E-state index is -5.05. The molecule has 5 rings (SSSR count). The van der Waals surface area contributed by atoms with E-state index in [9.17, 15) is 40.6 Å². The van der Waals surface area contributed by atoms with Crippen molar-refractivity contribution in [2.75, 3.05) is 13.2 Å². The van der Waals surface area contributed by atoms with Crippen LogP contribution in [0.4, 0.5) is 35.5 Å². The lowest BCUT2D eigenvalue weighted by atomic mass is 9.72. The highest BCUT2D eigenvalue weighted by molar-refractivity contribution is 5.68. The first-order chi connectivity index (χ1) is 22.5. The largest absolute Gasteiger partial charge is 0.445 e. The maximum absolute atomic E-state index is 14.0. The highest BCUT2D eigenvalue weighted by Crippen LogP contribution is 2.46. The number of nitrogens with zero attached hydrogens (tertiary/aromatic N) is 1. The van der Waals surface area contributed by atoms with E-state index in [0.717, 1.165) is 5.56 Å². The Morgan fingerprint density at radius 2 is 1.62 bits per heavy atom. The third-order valence-electron chi connectivity index (χ3n) is 9.03. The number of ether oxygens (including phenoxy) is 3. The van der Waals surface area contributed by atoms with Crippen molar-refractivity contribution < 1.29 is 54.8 Å². The summed E-state index contributed by atoms with van der Waals surface area (Å²) < 4.78 is 114. The molecule has 48 heavy (non-hydrogen) atoms. The Kier molecular flexibility index (Phi) is 10.4. The van der Waals surface area contributed by atoms with Crippen LogP contribution in [0.5, 0.6) is 0 Å². The van der Waals surface area contributed by atoms with Crippen LogP contribution in [0.3, 0.4) is 0 Å². The summed E-state index contributed by atoms with van der Waals surface area (Å²) in [7, 11) is 0. The van der Waals surface area contributed by atoms with Crippen LogP contribution in [0.1, 0.15) is 72.9 Å². The number of carbonyl (C=O) groups is 1. The van der Waals surface area contributed by atoms with Crippen LogP contribution in [0, 0.1) is 11.7 Å². The van der Waals surface area contributed by atoms with Crippen LogP contribution in [0.25, 0.3) is 0 Å². The molecule has 0 saturated carbocycles. The number of halogens is 7. The molecule has 1 N–H and O–H groups in total. The van der Waals surface area contributed by atoms with Crippen molar-refractivity contribution in [1.29, 1.82) is 0 Å². The molecule has 0 spiro atoms. The molecule has 6 nitrogen and oxygen atoms in total. The molecule has 13 heteroatoms. The van der Waals surface area contributed by atoms with Gasteiger partial charge in [0.15, 0.2) is 6.29 Å². The van der Waals surface area contributed by atoms with Gasteiger partial charge in [-0.15, -0.1) is 0 Å². The number of aliphatic hydroxyl groups is 1. The quantitative estimate of drug-likeness (QED) is 0.253. The third kappa shape index (κ3) is 8.48. The lowest BCUT2D eigenvalue weighted by molar-refractivity contribution is -0.217. The van der Waals surface area contributed by atoms with Gasteiger partial charge in [-0.3, -0.25) is 0 Å². The van der Waals surface area contributed by atoms with Gasteiger partial charge in [0.05, 0.1) is 29.4 Å². The second kappa shape index (κ2) is 14.0. The molecular weight excluding hydrogens is 647 g/mol. The topological polar surface area (TPSA) is 68.2 Å². The average molecular weight is 684 g/mol. The van der Waals surface area contributed by atoms with Crippen molar-refractivity contribution >= 4 is 6.09 Å². The van der Waals surface area contributed by atoms with E-state index in [2.05, 4.69) is 0 Å². The van der Waals surface area contributed by atoms with Crippen LogP contribution in [0.15, 0.2) is 72.8 Å². The van der Waals surface area contributed by atoms with Crippen LogP contribution < -0.4 is 0 Å². The molecule has 0 radical (unpaired) electrons. The highest BCUT2D eigenvalue weighted by Gasteiger charge is 2.48. The Balaban J connectivity index is 1.48. The third-order valence-corrected chi connectivity index (χ3v) is 9.03. The first-order valence-corrected chi connectivity index (χ1v) is 15.5. The Morgan fingerprint density at radius 3 is 2.23 bits per heavy atom. The number of benzene rings is 3. The Hall–Kier alpha value is -3.68. The molecule has 0 aliphatic carbocycles. The molecule has 2 aliphatic rings. The fourth-order valence-corrected chi connectivity index (χ4v) is 6.55. The van der Waals surface area contributed by atoms with E-state index in [0.29, 0.717) is 24.1 Å². The van der Waals surface area contributed by atoms with Crippen molar-refractivity contribution in [2.24, 2.45) is 5.92 Å². The summed E-state index contributed by atoms with van der Waals surface area (Å²) in [4.78, 5) is 15.1. The maximum Gasteiger partial charge on any atom is 0.416 e. The molecule has 6 atom stereocenters. The van der Waals surface area contributed by atoms with Gasteiger partial charge in [0, 0.05) is 18.5 Å². The number of hydrogen-bond acceptors (Lipinski definition) is 5. The summed E-state index contributed by atoms with van der Waals surface area (Å²) >= 11 is 0. The molecule has 6 unspecified atom stereocenters. The molecule has 260 valence electrons. The molecule has 0 bridgehead atoms. The Morgan fingerprint density at radius 1 is 1.00 bits per heavy atom. The van der Waals surface area contributed by atoms with E-state index in [1.54, 1.807) is 19.1 Å². The van der Waals surface area contributed by atoms with Crippen LogP contribution >= 0.6 is 0 Å². The lowest BCUT2D eigenvalue weighted by Crippen LogP contribution is -2.57. The van der Waals surface area contributed by atoms with Gasteiger partial charge < -0.3 is 24.2 Å². The summed E-state index contributed by atoms with van der Waals surface area (Å²) in [5.74, 6) is -1.80. The molecule has 0 aromatic heterocycles. The van der Waals surface area contributed by atoms with Crippen molar-refractivity contribution in [2.45, 2.75) is 82.0 Å². The lowest BCUT2D eigenvalue weighted by Gasteiger charge is -2.50. The van der Waals surface area contributed by atoms with E-state index >= 15 is 0 Å². The van der Waals surface area contributed by atoms with Gasteiger partial charge in [-0.05, 0) is 86.1 Å². The maximum atomic E-state index is 14.0. The standard InChI is InChI=1S/C35H36F7NO5/c1-21(24-16-25(34(37,38)39)18-26(17-24)35(40,41)42)48-31-30(23-8-10-27(36)11-9-23)28(12-15-46-31)29-19-33(2,45)13-14-43(29)32(44)47-20-22-6-4-3-5-7-22/h3-11,16-18,21,28-31,45H,12-15,19-20H2,1-2H3. The highest BCUT2D eigenvalue weighted by atomic mass is 19.4. The van der Waals surface area contributed by atoms with Gasteiger partial charge in [-0.2, -0.15) is 26.3 Å². The zero-order valence-corrected chi connectivity index (χ0v) is 26.2. The zero-order valence-electron chi connectivity index (χ0n) is 26.2. The van der Waals surface area contributed by atoms with Gasteiger partial charge in [-0.1, -0.05) is 42.5 Å². The van der Waals surface area contributed by atoms with Crippen molar-refractivity contribution in [3.63, 3.8) is 0 Å². The second-order valence-electron chi connectivity index (χ2n) is 12.6. The molecule has 2 aliphatic heterocycles. The van der Waals surface area contributed by atoms with Gasteiger partial charge in [0.2, 0.25) is 0 Å². The molecule has 3 aromatic rings. The molecule has 2 fully saturated rings. The fourth-order valence-electron chi connectivity index (χ4n) is 6.55. The number of hydrogen-bond donors (Lipinski definition) is 1. The molecule has 2 heterocycles. The number of rotatable bonds is 7. The van der Waals surface area contributed by atoms with Gasteiger partial charge >= 0.3 is 18.4 Å². The summed E-state index contributed by atoms with van der Waals surface area (Å²) in [6.45, 7) is 3.21. The zero-order chi connectivity index (χ0) is 34.9. The summed E-state index contributed by atoms with van der Waals surface area (Å²) in [5.41, 5.74) is -3.20. The summed E-state index contributed by atoms with van der Waals surface area (Å²) in [6.07, 6.45) is -12.5. The van der Waals surface area contributed by atoms with Crippen LogP contribution in [-0.2, 0) is 33.2 Å². The van der Waals surface area contributed by atoms with Crippen molar-refractivity contribution in [1.82, 2.24) is 4.90 Å². The number of amides is 1. The van der Waals surface area contributed by atoms with Crippen LogP contribution in [0.2, 0.25) is 0 Å². The van der Waals surface area contributed by atoms with E-state index in [-0.39, 0.29) is 44.2 Å². The van der Waals surface area contributed by atoms with Crippen molar-refractivity contribution in [3.8, 4) is 0 Å². The number of alkyl halides is 6. The van der Waals surface area contributed by atoms with Crippen molar-refractivity contribution in [3.05, 3.63) is 106 Å². The summed E-state index contributed by atoms with van der Waals surface area (Å²) in [6, 6.07) is 15.1. The molecule has 1 amide bonds. The van der Waals surface area contributed by atoms with E-state index in [1.807, 2.05) is 18.2 Å². The second-order valence-corrected chi connectivity index (χ2v) is 12.6. The normalized spacial score (nSPS) is 25.8. The monoisotopic (exact) mass is 683 g/mol. The van der Waals surface area contributed by atoms with Crippen LogP contribution in [-0.4, -0.2) is 47.2 Å². The summed E-state index contributed by atoms with van der Waals surface area (Å²) in [5, 5.41) is 11.1. The number of likely N-dealkylation sites (tertiary alicyclic amines) is 1. The molecular formula is C35H36F7NO5. The number of piperidine rings is 1. The molecule has 2 saturated heterocycles. The minimum absolute atomic E-state index is 0.00854. The SMILES string of the molecule is CC(OC1OCCC(C2CC(C)(O)CCN2C(=O)OCc2ccccc2)C1c1ccc(F)cc1)c1cc(C(F)(F)F)cc(C(F)(F)F)c1. The van der Waals surface area contributed by atoms with Gasteiger partial charge in [0.25, 0.3) is 0 Å². The predicted molar refractivity (Wildman–Crippen MR) is 160 cm³/mol. The Labute approximate surface area is 273 Å².